The number of anilines is 2. The van der Waals surface area contributed by atoms with Gasteiger partial charge in [-0.15, -0.1) is 11.3 Å². The van der Waals surface area contributed by atoms with Crippen molar-refractivity contribution in [3.05, 3.63) is 34.4 Å². The van der Waals surface area contributed by atoms with Gasteiger partial charge in [0.25, 0.3) is 0 Å². The van der Waals surface area contributed by atoms with Gasteiger partial charge in [0, 0.05) is 29.5 Å². The van der Waals surface area contributed by atoms with Gasteiger partial charge in [-0.3, -0.25) is 4.90 Å². The quantitative estimate of drug-likeness (QED) is 0.198. The Balaban J connectivity index is 1.27. The second-order valence-electron chi connectivity index (χ2n) is 12.7. The zero-order valence-corrected chi connectivity index (χ0v) is 26.8. The first kappa shape index (κ1) is 31.6. The fraction of sp³-hybridized carbons (Fsp3) is 0.469. The molecule has 0 spiro atoms. The van der Waals surface area contributed by atoms with Gasteiger partial charge < -0.3 is 24.8 Å². The van der Waals surface area contributed by atoms with Gasteiger partial charge in [0.15, 0.2) is 11.6 Å². The summed E-state index contributed by atoms with van der Waals surface area (Å²) < 4.78 is 89.3. The van der Waals surface area contributed by atoms with Crippen molar-refractivity contribution in [2.45, 2.75) is 62.5 Å². The number of ether oxygens (including phenoxy) is 3. The molecule has 0 amide bonds. The molecule has 0 unspecified atom stereocenters. The van der Waals surface area contributed by atoms with E-state index in [0.29, 0.717) is 25.8 Å². The number of fused-ring (bicyclic) bond motifs is 4. The number of nitriles is 1. The molecule has 3 fully saturated rings. The minimum atomic E-state index is -2.98. The Morgan fingerprint density at radius 1 is 1.25 bits per heavy atom. The number of alkyl halides is 3. The lowest BCUT2D eigenvalue weighted by Gasteiger charge is -2.48. The van der Waals surface area contributed by atoms with Gasteiger partial charge in [-0.05, 0) is 43.9 Å². The first-order valence-electron chi connectivity index (χ1n) is 15.6. The molecule has 0 saturated carbocycles. The van der Waals surface area contributed by atoms with E-state index < -0.39 is 30.5 Å². The number of halogens is 6. The summed E-state index contributed by atoms with van der Waals surface area (Å²) in [5.41, 5.74) is 5.40. The van der Waals surface area contributed by atoms with E-state index in [1.807, 2.05) is 6.07 Å². The first-order chi connectivity index (χ1) is 23.1. The van der Waals surface area contributed by atoms with Gasteiger partial charge in [0.05, 0.1) is 46.0 Å². The normalized spacial score (nSPS) is 24.8. The highest BCUT2D eigenvalue weighted by atomic mass is 35.5. The summed E-state index contributed by atoms with van der Waals surface area (Å²) in [5, 5.41) is 9.99. The number of aromatic nitrogens is 2. The van der Waals surface area contributed by atoms with E-state index in [0.717, 1.165) is 36.8 Å². The zero-order valence-electron chi connectivity index (χ0n) is 25.2. The van der Waals surface area contributed by atoms with Crippen molar-refractivity contribution in [2.75, 3.05) is 43.5 Å². The maximum absolute atomic E-state index is 17.0. The number of rotatable bonds is 8. The molecule has 4 aromatic rings. The van der Waals surface area contributed by atoms with E-state index in [-0.39, 0.29) is 96.7 Å². The van der Waals surface area contributed by atoms with Crippen LogP contribution >= 0.6 is 22.9 Å². The molecule has 3 saturated heterocycles. The topological polar surface area (TPSA) is 110 Å². The average molecular weight is 707 g/mol. The maximum atomic E-state index is 17.0. The van der Waals surface area contributed by atoms with Crippen molar-refractivity contribution < 1.29 is 36.2 Å². The number of nitrogen functional groups attached to an aromatic ring is 1. The number of thiophene rings is 1. The number of benzene rings is 2. The lowest BCUT2D eigenvalue weighted by molar-refractivity contribution is -0.136. The largest absolute Gasteiger partial charge is 0.489 e. The zero-order chi connectivity index (χ0) is 33.5. The highest BCUT2D eigenvalue weighted by molar-refractivity contribution is 7.23. The highest BCUT2D eigenvalue weighted by Gasteiger charge is 2.49. The molecule has 8 rings (SSSR count). The van der Waals surface area contributed by atoms with Crippen LogP contribution in [0.2, 0.25) is 5.02 Å². The van der Waals surface area contributed by atoms with Crippen molar-refractivity contribution in [1.29, 1.82) is 5.26 Å². The summed E-state index contributed by atoms with van der Waals surface area (Å²) in [4.78, 5) is 13.0. The third kappa shape index (κ3) is 4.82. The van der Waals surface area contributed by atoms with Crippen LogP contribution in [0.5, 0.6) is 11.8 Å². The summed E-state index contributed by atoms with van der Waals surface area (Å²) in [5.74, 6) is -1.32. The molecule has 4 atom stereocenters. The van der Waals surface area contributed by atoms with Gasteiger partial charge >= 0.3 is 12.6 Å². The standard InChI is InChI=1S/C32H28ClF5N6O3S/c33-23-21(17-2-3-19(35)27-20(17)18(10-39)28(40)48-27)24(36)25-22-26(23)46-12-15-8-16(13-47-30(37)38)44(15)29(22)42-31(41-25)45-7-5-32-4-1-6-43(32)11-14(34)9-32/h2-3,14-16,30H,1,4-9,11-13,40H2/t14-,15+,16-,32-/m1/s1. The van der Waals surface area contributed by atoms with Crippen LogP contribution in [-0.2, 0) is 4.74 Å². The maximum Gasteiger partial charge on any atom is 0.345 e. The van der Waals surface area contributed by atoms with Crippen LogP contribution in [0.15, 0.2) is 12.1 Å². The minimum absolute atomic E-state index is 0.0203. The van der Waals surface area contributed by atoms with E-state index in [4.69, 9.17) is 26.8 Å². The third-order valence-electron chi connectivity index (χ3n) is 10.1. The van der Waals surface area contributed by atoms with E-state index >= 15 is 4.39 Å². The van der Waals surface area contributed by atoms with Gasteiger partial charge in [-0.1, -0.05) is 17.7 Å². The van der Waals surface area contributed by atoms with Crippen LogP contribution in [0.25, 0.3) is 32.1 Å². The Hall–Kier alpha value is -3.71. The molecule has 0 bridgehead atoms. The second kappa shape index (κ2) is 11.7. The highest BCUT2D eigenvalue weighted by Crippen LogP contribution is 2.52. The third-order valence-corrected chi connectivity index (χ3v) is 11.5. The predicted octanol–water partition coefficient (Wildman–Crippen LogP) is 6.82. The Kier molecular flexibility index (Phi) is 7.70. The molecular formula is C32H28ClF5N6O3S. The molecule has 48 heavy (non-hydrogen) atoms. The van der Waals surface area contributed by atoms with Crippen molar-refractivity contribution in [1.82, 2.24) is 14.9 Å². The molecule has 6 heterocycles. The number of nitrogens with zero attached hydrogens (tertiary/aromatic N) is 5. The van der Waals surface area contributed by atoms with Crippen molar-refractivity contribution in [3.63, 3.8) is 0 Å². The lowest BCUT2D eigenvalue weighted by atomic mass is 9.90. The first-order valence-corrected chi connectivity index (χ1v) is 16.8. The van der Waals surface area contributed by atoms with Gasteiger partial charge in [0.1, 0.15) is 41.0 Å². The average Bonchev–Trinajstić information content (AvgIpc) is 3.65. The molecule has 252 valence electrons. The molecule has 4 aliphatic heterocycles. The fourth-order valence-corrected chi connectivity index (χ4v) is 9.30. The Bertz CT molecular complexity index is 2010. The van der Waals surface area contributed by atoms with Crippen LogP contribution in [-0.4, -0.2) is 78.2 Å². The Labute approximate surface area is 279 Å². The predicted molar refractivity (Wildman–Crippen MR) is 170 cm³/mol. The molecule has 0 aliphatic carbocycles. The smallest absolute Gasteiger partial charge is 0.345 e. The summed E-state index contributed by atoms with van der Waals surface area (Å²) in [6, 6.07) is 3.42. The van der Waals surface area contributed by atoms with E-state index in [1.165, 1.54) is 6.07 Å². The molecule has 2 aromatic heterocycles. The summed E-state index contributed by atoms with van der Waals surface area (Å²) >= 11 is 7.79. The number of nitrogens with two attached hydrogens (primary N) is 1. The van der Waals surface area contributed by atoms with Crippen molar-refractivity contribution in [2.24, 2.45) is 0 Å². The van der Waals surface area contributed by atoms with Crippen LogP contribution in [0.4, 0.5) is 32.8 Å². The molecule has 4 aliphatic rings. The number of hydrogen-bond donors (Lipinski definition) is 1. The van der Waals surface area contributed by atoms with E-state index in [1.54, 1.807) is 4.90 Å². The SMILES string of the molecule is N#Cc1c(N)sc2c(F)ccc(-c3c(Cl)c4c5c(nc(OCC[C@@]67CCCN6C[C@H](F)C7)nc5c3F)N3[C@H](CO4)C[C@@H]3COC(F)F)c12. The van der Waals surface area contributed by atoms with E-state index in [2.05, 4.69) is 19.6 Å². The Morgan fingerprint density at radius 2 is 2.08 bits per heavy atom. The van der Waals surface area contributed by atoms with Gasteiger partial charge in [-0.2, -0.15) is 24.0 Å². The molecule has 2 aromatic carbocycles. The summed E-state index contributed by atoms with van der Waals surface area (Å²) in [7, 11) is 0. The molecular weight excluding hydrogens is 679 g/mol. The monoisotopic (exact) mass is 706 g/mol. The summed E-state index contributed by atoms with van der Waals surface area (Å²) in [6.45, 7) is -1.91. The van der Waals surface area contributed by atoms with Crippen LogP contribution < -0.4 is 20.1 Å². The van der Waals surface area contributed by atoms with Crippen molar-refractivity contribution >= 4 is 54.7 Å². The van der Waals surface area contributed by atoms with Gasteiger partial charge in [0.2, 0.25) is 0 Å². The minimum Gasteiger partial charge on any atom is -0.489 e. The molecule has 16 heteroatoms. The van der Waals surface area contributed by atoms with Crippen LogP contribution in [0.1, 0.15) is 37.7 Å². The lowest BCUT2D eigenvalue weighted by Crippen LogP contribution is -2.60. The number of hydrogen-bond acceptors (Lipinski definition) is 10. The molecule has 0 radical (unpaired) electrons. The summed E-state index contributed by atoms with van der Waals surface area (Å²) in [6.07, 6.45) is 2.22. The molecule has 2 N–H and O–H groups in total. The van der Waals surface area contributed by atoms with Gasteiger partial charge in [-0.25, -0.2) is 13.2 Å². The fourth-order valence-electron chi connectivity index (χ4n) is 8.02. The van der Waals surface area contributed by atoms with Crippen LogP contribution in [0.3, 0.4) is 0 Å². The molecule has 9 nitrogen and oxygen atoms in total. The Morgan fingerprint density at radius 3 is 2.88 bits per heavy atom. The van der Waals surface area contributed by atoms with E-state index in [9.17, 15) is 22.8 Å². The van der Waals surface area contributed by atoms with Crippen molar-refractivity contribution in [3.8, 4) is 29.0 Å². The second-order valence-corrected chi connectivity index (χ2v) is 14.1. The van der Waals surface area contributed by atoms with Crippen LogP contribution in [0, 0.1) is 23.0 Å².